The maximum Gasteiger partial charge on any atom is 0.196 e. The molecule has 0 aliphatic rings. The lowest BCUT2D eigenvalue weighted by atomic mass is 9.99. The highest BCUT2D eigenvalue weighted by Crippen LogP contribution is 2.24. The second-order valence-electron chi connectivity index (χ2n) is 6.23. The summed E-state index contributed by atoms with van der Waals surface area (Å²) in [6.45, 7) is 8.14. The molecule has 0 unspecified atom stereocenters. The first-order chi connectivity index (χ1) is 12.0. The number of carbonyl (C=O) groups is 1. The lowest BCUT2D eigenvalue weighted by Crippen LogP contribution is -2.07. The number of benzene rings is 2. The van der Waals surface area contributed by atoms with E-state index in [1.807, 2.05) is 55.7 Å². The fourth-order valence-corrected chi connectivity index (χ4v) is 3.60. The first-order valence-corrected chi connectivity index (χ1v) is 9.16. The van der Waals surface area contributed by atoms with Gasteiger partial charge >= 0.3 is 0 Å². The van der Waals surface area contributed by atoms with Crippen LogP contribution in [0.25, 0.3) is 5.69 Å². The minimum Gasteiger partial charge on any atom is -0.293 e. The molecule has 3 rings (SSSR count). The smallest absolute Gasteiger partial charge is 0.196 e. The van der Waals surface area contributed by atoms with Crippen molar-refractivity contribution in [1.82, 2.24) is 14.8 Å². The highest BCUT2D eigenvalue weighted by Gasteiger charge is 2.14. The topological polar surface area (TPSA) is 47.8 Å². The van der Waals surface area contributed by atoms with Gasteiger partial charge in [0.2, 0.25) is 0 Å². The summed E-state index contributed by atoms with van der Waals surface area (Å²) in [5.41, 5.74) is 6.33. The van der Waals surface area contributed by atoms with Gasteiger partial charge in [-0.3, -0.25) is 9.36 Å². The molecule has 0 N–H and O–H groups in total. The summed E-state index contributed by atoms with van der Waals surface area (Å²) in [4.78, 5) is 12.7. The second kappa shape index (κ2) is 7.23. The van der Waals surface area contributed by atoms with Gasteiger partial charge in [0.05, 0.1) is 11.4 Å². The monoisotopic (exact) mass is 351 g/mol. The van der Waals surface area contributed by atoms with Crippen molar-refractivity contribution in [3.63, 3.8) is 0 Å². The molecule has 0 bridgehead atoms. The standard InChI is InChI=1S/C20H21N3OS/c1-13-7-5-6-8-18(13)23-12-21-22-20(23)25-11-19(24)17-10-15(3)14(2)9-16(17)4/h5-10,12H,11H2,1-4H3. The highest BCUT2D eigenvalue weighted by atomic mass is 32.2. The van der Waals surface area contributed by atoms with E-state index >= 15 is 0 Å². The van der Waals surface area contributed by atoms with E-state index in [1.54, 1.807) is 6.33 Å². The quantitative estimate of drug-likeness (QED) is 0.502. The average Bonchev–Trinajstić information content (AvgIpc) is 3.04. The lowest BCUT2D eigenvalue weighted by molar-refractivity contribution is 0.102. The van der Waals surface area contributed by atoms with E-state index in [9.17, 15) is 4.79 Å². The number of thioether (sulfide) groups is 1. The van der Waals surface area contributed by atoms with Crippen molar-refractivity contribution < 1.29 is 4.79 Å². The molecule has 0 atom stereocenters. The van der Waals surface area contributed by atoms with Crippen LogP contribution in [0.15, 0.2) is 47.9 Å². The van der Waals surface area contributed by atoms with Crippen LogP contribution in [-0.2, 0) is 0 Å². The predicted molar refractivity (Wildman–Crippen MR) is 102 cm³/mol. The van der Waals surface area contributed by atoms with Crippen LogP contribution < -0.4 is 0 Å². The summed E-state index contributed by atoms with van der Waals surface area (Å²) in [5.74, 6) is 0.457. The van der Waals surface area contributed by atoms with Crippen LogP contribution in [0.1, 0.15) is 32.6 Å². The van der Waals surface area contributed by atoms with E-state index in [0.29, 0.717) is 5.75 Å². The Kier molecular flexibility index (Phi) is 5.04. The molecule has 0 aliphatic carbocycles. The number of hydrogen-bond donors (Lipinski definition) is 0. The molecule has 25 heavy (non-hydrogen) atoms. The Morgan fingerprint density at radius 1 is 1.00 bits per heavy atom. The second-order valence-corrected chi connectivity index (χ2v) is 7.18. The Labute approximate surface area is 152 Å². The number of para-hydroxylation sites is 1. The number of aryl methyl sites for hydroxylation is 4. The zero-order valence-corrected chi connectivity index (χ0v) is 15.7. The van der Waals surface area contributed by atoms with Gasteiger partial charge < -0.3 is 0 Å². The molecule has 0 saturated heterocycles. The van der Waals surface area contributed by atoms with Crippen molar-refractivity contribution >= 4 is 17.5 Å². The van der Waals surface area contributed by atoms with Crippen molar-refractivity contribution in [2.45, 2.75) is 32.9 Å². The minimum absolute atomic E-state index is 0.116. The first-order valence-electron chi connectivity index (χ1n) is 8.17. The maximum atomic E-state index is 12.7. The number of rotatable bonds is 5. The normalized spacial score (nSPS) is 10.9. The molecule has 4 nitrogen and oxygen atoms in total. The average molecular weight is 351 g/mol. The Hall–Kier alpha value is -2.40. The molecule has 0 spiro atoms. The van der Waals surface area contributed by atoms with Crippen LogP contribution in [-0.4, -0.2) is 26.3 Å². The summed E-state index contributed by atoms with van der Waals surface area (Å²) in [5, 5.41) is 8.92. The van der Waals surface area contributed by atoms with Gasteiger partial charge in [0.15, 0.2) is 10.9 Å². The molecule has 0 fully saturated rings. The largest absolute Gasteiger partial charge is 0.293 e. The van der Waals surface area contributed by atoms with Crippen molar-refractivity contribution in [3.8, 4) is 5.69 Å². The van der Waals surface area contributed by atoms with Crippen molar-refractivity contribution in [2.75, 3.05) is 5.75 Å². The molecule has 0 saturated carbocycles. The number of hydrogen-bond acceptors (Lipinski definition) is 4. The van der Waals surface area contributed by atoms with Crippen molar-refractivity contribution in [1.29, 1.82) is 0 Å². The van der Waals surface area contributed by atoms with E-state index in [-0.39, 0.29) is 5.78 Å². The van der Waals surface area contributed by atoms with Crippen LogP contribution in [0.3, 0.4) is 0 Å². The van der Waals surface area contributed by atoms with Crippen LogP contribution in [0.5, 0.6) is 0 Å². The third kappa shape index (κ3) is 3.66. The Morgan fingerprint density at radius 3 is 2.48 bits per heavy atom. The van der Waals surface area contributed by atoms with Crippen LogP contribution >= 0.6 is 11.8 Å². The van der Waals surface area contributed by atoms with E-state index < -0.39 is 0 Å². The number of aromatic nitrogens is 3. The van der Waals surface area contributed by atoms with Crippen molar-refractivity contribution in [3.05, 3.63) is 70.5 Å². The van der Waals surface area contributed by atoms with Gasteiger partial charge in [-0.1, -0.05) is 36.0 Å². The SMILES string of the molecule is Cc1cc(C)c(C(=O)CSc2nncn2-c2ccccc2C)cc1C. The first kappa shape index (κ1) is 17.4. The van der Waals surface area contributed by atoms with Gasteiger partial charge in [-0.05, 0) is 62.1 Å². The van der Waals surface area contributed by atoms with Gasteiger partial charge in [-0.2, -0.15) is 0 Å². The van der Waals surface area contributed by atoms with Gasteiger partial charge in [0, 0.05) is 5.56 Å². The molecule has 2 aromatic carbocycles. The Balaban J connectivity index is 1.80. The van der Waals surface area contributed by atoms with Gasteiger partial charge in [-0.15, -0.1) is 10.2 Å². The van der Waals surface area contributed by atoms with E-state index in [2.05, 4.69) is 23.2 Å². The summed E-state index contributed by atoms with van der Waals surface area (Å²) in [6.07, 6.45) is 1.69. The van der Waals surface area contributed by atoms with Crippen LogP contribution in [0.4, 0.5) is 0 Å². The number of ketones is 1. The van der Waals surface area contributed by atoms with E-state index in [4.69, 9.17) is 0 Å². The molecule has 1 heterocycles. The number of Topliss-reactive ketones (excluding diaryl/α,β-unsaturated/α-hetero) is 1. The molecule has 1 aromatic heterocycles. The maximum absolute atomic E-state index is 12.7. The molecule has 0 aliphatic heterocycles. The zero-order valence-electron chi connectivity index (χ0n) is 14.9. The minimum atomic E-state index is 0.116. The Bertz CT molecular complexity index is 930. The summed E-state index contributed by atoms with van der Waals surface area (Å²) < 4.78 is 1.93. The molecule has 5 heteroatoms. The fourth-order valence-electron chi connectivity index (χ4n) is 2.79. The zero-order chi connectivity index (χ0) is 18.0. The molecular formula is C20H21N3OS. The molecule has 0 radical (unpaired) electrons. The van der Waals surface area contributed by atoms with E-state index in [1.165, 1.54) is 17.3 Å². The molecule has 128 valence electrons. The van der Waals surface area contributed by atoms with E-state index in [0.717, 1.165) is 33.1 Å². The summed E-state index contributed by atoms with van der Waals surface area (Å²) in [7, 11) is 0. The fraction of sp³-hybridized carbons (Fsp3) is 0.250. The lowest BCUT2D eigenvalue weighted by Gasteiger charge is -2.10. The van der Waals surface area contributed by atoms with Crippen LogP contribution in [0, 0.1) is 27.7 Å². The van der Waals surface area contributed by atoms with Gasteiger partial charge in [0.1, 0.15) is 6.33 Å². The summed E-state index contributed by atoms with van der Waals surface area (Å²) >= 11 is 1.42. The number of carbonyl (C=O) groups excluding carboxylic acids is 1. The molecule has 3 aromatic rings. The third-order valence-corrected chi connectivity index (χ3v) is 5.31. The van der Waals surface area contributed by atoms with Gasteiger partial charge in [-0.25, -0.2) is 0 Å². The van der Waals surface area contributed by atoms with Crippen molar-refractivity contribution in [2.24, 2.45) is 0 Å². The van der Waals surface area contributed by atoms with Crippen LogP contribution in [0.2, 0.25) is 0 Å². The predicted octanol–water partition coefficient (Wildman–Crippen LogP) is 4.48. The third-order valence-electron chi connectivity index (χ3n) is 4.36. The molecular weight excluding hydrogens is 330 g/mol. The Morgan fingerprint density at radius 2 is 1.72 bits per heavy atom. The van der Waals surface area contributed by atoms with Gasteiger partial charge in [0.25, 0.3) is 0 Å². The summed E-state index contributed by atoms with van der Waals surface area (Å²) in [6, 6.07) is 12.1. The number of nitrogens with zero attached hydrogens (tertiary/aromatic N) is 3. The molecule has 0 amide bonds. The highest BCUT2D eigenvalue weighted by molar-refractivity contribution is 7.99.